The average Bonchev–Trinajstić information content (AvgIpc) is 3.05. The molecule has 1 aromatic rings. The van der Waals surface area contributed by atoms with Crippen molar-refractivity contribution in [2.75, 3.05) is 26.2 Å². The van der Waals surface area contributed by atoms with Crippen LogP contribution in [0.25, 0.3) is 0 Å². The summed E-state index contributed by atoms with van der Waals surface area (Å²) < 4.78 is 32.3. The third kappa shape index (κ3) is 2.21. The molecule has 2 N–H and O–H groups in total. The van der Waals surface area contributed by atoms with Crippen LogP contribution in [0.5, 0.6) is 5.75 Å². The maximum atomic E-state index is 12.7. The molecule has 0 radical (unpaired) electrons. The van der Waals surface area contributed by atoms with Crippen LogP contribution in [-0.4, -0.2) is 39.0 Å². The first-order chi connectivity index (χ1) is 9.44. The zero-order valence-electron chi connectivity index (χ0n) is 11.6. The van der Waals surface area contributed by atoms with Crippen molar-refractivity contribution in [2.45, 2.75) is 24.7 Å². The molecule has 1 unspecified atom stereocenters. The van der Waals surface area contributed by atoms with Crippen molar-refractivity contribution in [2.24, 2.45) is 11.1 Å². The van der Waals surface area contributed by atoms with E-state index < -0.39 is 10.0 Å². The Morgan fingerprint density at radius 1 is 1.45 bits per heavy atom. The monoisotopic (exact) mass is 296 g/mol. The normalized spacial score (nSPS) is 26.5. The van der Waals surface area contributed by atoms with E-state index >= 15 is 0 Å². The van der Waals surface area contributed by atoms with Crippen molar-refractivity contribution in [3.63, 3.8) is 0 Å². The number of hydrogen-bond acceptors (Lipinski definition) is 4. The Balaban J connectivity index is 1.89. The highest BCUT2D eigenvalue weighted by Crippen LogP contribution is 2.34. The lowest BCUT2D eigenvalue weighted by atomic mass is 9.90. The molecule has 2 aliphatic heterocycles. The molecule has 1 fully saturated rings. The largest absolute Gasteiger partial charge is 0.493 e. The molecule has 0 aromatic heterocycles. The summed E-state index contributed by atoms with van der Waals surface area (Å²) in [6.07, 6.45) is 1.59. The van der Waals surface area contributed by atoms with Gasteiger partial charge in [0.05, 0.1) is 11.5 Å². The van der Waals surface area contributed by atoms with E-state index in [1.165, 1.54) is 0 Å². The predicted octanol–water partition coefficient (Wildman–Crippen LogP) is 0.981. The molecule has 1 saturated heterocycles. The van der Waals surface area contributed by atoms with Crippen LogP contribution in [0.2, 0.25) is 0 Å². The number of sulfonamides is 1. The molecule has 0 saturated carbocycles. The van der Waals surface area contributed by atoms with Crippen LogP contribution in [0.1, 0.15) is 18.9 Å². The van der Waals surface area contributed by atoms with Crippen LogP contribution in [0, 0.1) is 5.41 Å². The fraction of sp³-hybridized carbons (Fsp3) is 0.571. The van der Waals surface area contributed by atoms with E-state index in [2.05, 4.69) is 0 Å². The Hall–Kier alpha value is -1.11. The van der Waals surface area contributed by atoms with Gasteiger partial charge in [-0.15, -0.1) is 0 Å². The van der Waals surface area contributed by atoms with Gasteiger partial charge in [-0.05, 0) is 42.1 Å². The minimum absolute atomic E-state index is 0.104. The Kier molecular flexibility index (Phi) is 3.27. The second kappa shape index (κ2) is 4.72. The number of nitrogens with zero attached hydrogens (tertiary/aromatic N) is 1. The Labute approximate surface area is 119 Å². The highest BCUT2D eigenvalue weighted by atomic mass is 32.2. The average molecular weight is 296 g/mol. The van der Waals surface area contributed by atoms with Crippen LogP contribution in [0.3, 0.4) is 0 Å². The van der Waals surface area contributed by atoms with Crippen molar-refractivity contribution in [1.29, 1.82) is 0 Å². The fourth-order valence-corrected chi connectivity index (χ4v) is 4.47. The van der Waals surface area contributed by atoms with Gasteiger partial charge in [0.2, 0.25) is 10.0 Å². The summed E-state index contributed by atoms with van der Waals surface area (Å²) in [5.41, 5.74) is 6.62. The van der Waals surface area contributed by atoms with Crippen LogP contribution in [0.4, 0.5) is 0 Å². The number of hydrogen-bond donors (Lipinski definition) is 1. The maximum absolute atomic E-state index is 12.7. The minimum Gasteiger partial charge on any atom is -0.493 e. The van der Waals surface area contributed by atoms with Gasteiger partial charge < -0.3 is 10.5 Å². The van der Waals surface area contributed by atoms with Crippen molar-refractivity contribution in [3.05, 3.63) is 23.8 Å². The molecule has 0 spiro atoms. The van der Waals surface area contributed by atoms with Gasteiger partial charge in [-0.3, -0.25) is 0 Å². The molecular weight excluding hydrogens is 276 g/mol. The van der Waals surface area contributed by atoms with E-state index in [0.29, 0.717) is 31.1 Å². The summed E-state index contributed by atoms with van der Waals surface area (Å²) in [5.74, 6) is 0.803. The molecule has 110 valence electrons. The lowest BCUT2D eigenvalue weighted by molar-refractivity contribution is 0.349. The zero-order chi connectivity index (χ0) is 14.4. The molecule has 5 nitrogen and oxygen atoms in total. The Morgan fingerprint density at radius 2 is 2.25 bits per heavy atom. The van der Waals surface area contributed by atoms with Crippen molar-refractivity contribution in [3.8, 4) is 5.75 Å². The molecule has 2 heterocycles. The number of nitrogens with two attached hydrogens (primary N) is 1. The highest BCUT2D eigenvalue weighted by molar-refractivity contribution is 7.89. The topological polar surface area (TPSA) is 72.6 Å². The summed E-state index contributed by atoms with van der Waals surface area (Å²) >= 11 is 0. The van der Waals surface area contributed by atoms with E-state index in [4.69, 9.17) is 10.5 Å². The molecule has 20 heavy (non-hydrogen) atoms. The van der Waals surface area contributed by atoms with Gasteiger partial charge in [0.1, 0.15) is 5.75 Å². The lowest BCUT2D eigenvalue weighted by Gasteiger charge is -2.22. The van der Waals surface area contributed by atoms with E-state index in [1.54, 1.807) is 22.5 Å². The van der Waals surface area contributed by atoms with Crippen LogP contribution < -0.4 is 10.5 Å². The van der Waals surface area contributed by atoms with Gasteiger partial charge in [-0.1, -0.05) is 6.92 Å². The second-order valence-corrected chi connectivity index (χ2v) is 7.91. The molecule has 1 atom stereocenters. The highest BCUT2D eigenvalue weighted by Gasteiger charge is 2.39. The van der Waals surface area contributed by atoms with Gasteiger partial charge in [-0.25, -0.2) is 8.42 Å². The predicted molar refractivity (Wildman–Crippen MR) is 76.2 cm³/mol. The zero-order valence-corrected chi connectivity index (χ0v) is 12.4. The van der Waals surface area contributed by atoms with Gasteiger partial charge in [0.25, 0.3) is 0 Å². The van der Waals surface area contributed by atoms with Gasteiger partial charge in [0.15, 0.2) is 0 Å². The van der Waals surface area contributed by atoms with Crippen molar-refractivity contribution in [1.82, 2.24) is 4.31 Å². The van der Waals surface area contributed by atoms with E-state index in [-0.39, 0.29) is 5.41 Å². The summed E-state index contributed by atoms with van der Waals surface area (Å²) in [4.78, 5) is 0.364. The minimum atomic E-state index is -3.42. The number of benzene rings is 1. The van der Waals surface area contributed by atoms with E-state index in [0.717, 1.165) is 24.2 Å². The lowest BCUT2D eigenvalue weighted by Crippen LogP contribution is -2.34. The molecule has 2 aliphatic rings. The summed E-state index contributed by atoms with van der Waals surface area (Å²) in [6, 6.07) is 5.14. The number of ether oxygens (including phenoxy) is 1. The molecule has 0 bridgehead atoms. The summed E-state index contributed by atoms with van der Waals surface area (Å²) in [7, 11) is -3.42. The van der Waals surface area contributed by atoms with Gasteiger partial charge in [0, 0.05) is 19.5 Å². The second-order valence-electron chi connectivity index (χ2n) is 5.97. The van der Waals surface area contributed by atoms with Gasteiger partial charge >= 0.3 is 0 Å². The smallest absolute Gasteiger partial charge is 0.243 e. The first-order valence-electron chi connectivity index (χ1n) is 6.91. The third-order valence-electron chi connectivity index (χ3n) is 4.31. The molecule has 6 heteroatoms. The van der Waals surface area contributed by atoms with Crippen LogP contribution in [-0.2, 0) is 16.4 Å². The first kappa shape index (κ1) is 13.9. The Bertz CT molecular complexity index is 629. The standard InChI is InChI=1S/C14H20N2O3S/c1-14(9-15)5-6-16(10-14)20(17,18)12-2-3-13-11(8-12)4-7-19-13/h2-3,8H,4-7,9-10,15H2,1H3. The quantitative estimate of drug-likeness (QED) is 0.902. The fourth-order valence-electron chi connectivity index (χ4n) is 2.82. The maximum Gasteiger partial charge on any atom is 0.243 e. The summed E-state index contributed by atoms with van der Waals surface area (Å²) in [5, 5.41) is 0. The molecular formula is C14H20N2O3S. The third-order valence-corrected chi connectivity index (χ3v) is 6.16. The van der Waals surface area contributed by atoms with Gasteiger partial charge in [-0.2, -0.15) is 4.31 Å². The molecule has 3 rings (SSSR count). The Morgan fingerprint density at radius 3 is 2.95 bits per heavy atom. The number of fused-ring (bicyclic) bond motifs is 1. The molecule has 1 aromatic carbocycles. The molecule has 0 aliphatic carbocycles. The van der Waals surface area contributed by atoms with Crippen LogP contribution in [0.15, 0.2) is 23.1 Å². The SMILES string of the molecule is CC1(CN)CCN(S(=O)(=O)c2ccc3c(c2)CCO3)C1. The number of rotatable bonds is 3. The first-order valence-corrected chi connectivity index (χ1v) is 8.35. The van der Waals surface area contributed by atoms with E-state index in [1.807, 2.05) is 6.92 Å². The van der Waals surface area contributed by atoms with E-state index in [9.17, 15) is 8.42 Å². The van der Waals surface area contributed by atoms with Crippen LogP contribution >= 0.6 is 0 Å². The molecule has 0 amide bonds. The van der Waals surface area contributed by atoms with Crippen molar-refractivity contribution >= 4 is 10.0 Å². The summed E-state index contributed by atoms with van der Waals surface area (Å²) in [6.45, 7) is 4.23. The van der Waals surface area contributed by atoms with Crippen molar-refractivity contribution < 1.29 is 13.2 Å².